The summed E-state index contributed by atoms with van der Waals surface area (Å²) < 4.78 is 15.2. The minimum atomic E-state index is -0.264. The number of halogens is 1. The Bertz CT molecular complexity index is 997. The van der Waals surface area contributed by atoms with Crippen molar-refractivity contribution in [1.29, 1.82) is 0 Å². The maximum atomic E-state index is 13.2. The van der Waals surface area contributed by atoms with Gasteiger partial charge in [0.25, 0.3) is 5.91 Å². The predicted octanol–water partition coefficient (Wildman–Crippen LogP) is 5.01. The molecule has 4 nitrogen and oxygen atoms in total. The van der Waals surface area contributed by atoms with Crippen molar-refractivity contribution in [1.82, 2.24) is 9.99 Å². The van der Waals surface area contributed by atoms with Crippen molar-refractivity contribution in [2.75, 3.05) is 0 Å². The van der Waals surface area contributed by atoms with E-state index in [1.165, 1.54) is 17.7 Å². The van der Waals surface area contributed by atoms with E-state index in [0.29, 0.717) is 0 Å². The molecule has 0 aliphatic carbocycles. The lowest BCUT2D eigenvalue weighted by Crippen LogP contribution is -2.27. The first-order valence-corrected chi connectivity index (χ1v) is 10.4. The van der Waals surface area contributed by atoms with Crippen molar-refractivity contribution in [2.24, 2.45) is 5.10 Å². The molecule has 150 valence electrons. The first-order chi connectivity index (χ1) is 14.0. The Morgan fingerprint density at radius 2 is 1.86 bits per heavy atom. The van der Waals surface area contributed by atoms with Crippen LogP contribution in [0.4, 0.5) is 4.39 Å². The average Bonchev–Trinajstić information content (AvgIpc) is 3.01. The fraction of sp³-hybridized carbons (Fsp3) is 0.217. The second-order valence-electron chi connectivity index (χ2n) is 6.81. The van der Waals surface area contributed by atoms with Gasteiger partial charge in [-0.1, -0.05) is 30.3 Å². The molecule has 3 aromatic rings. The summed E-state index contributed by atoms with van der Waals surface area (Å²) in [7, 11) is 0. The van der Waals surface area contributed by atoms with Gasteiger partial charge in [-0.2, -0.15) is 5.10 Å². The van der Waals surface area contributed by atoms with Crippen LogP contribution >= 0.6 is 11.8 Å². The molecule has 2 aromatic carbocycles. The second-order valence-corrected chi connectivity index (χ2v) is 8.14. The van der Waals surface area contributed by atoms with E-state index >= 15 is 0 Å². The number of rotatable bonds is 7. The Balaban J connectivity index is 1.60. The van der Waals surface area contributed by atoms with Crippen molar-refractivity contribution in [2.45, 2.75) is 31.8 Å². The Kier molecular flexibility index (Phi) is 6.88. The molecule has 0 spiro atoms. The Morgan fingerprint density at radius 3 is 2.55 bits per heavy atom. The second kappa shape index (κ2) is 9.56. The van der Waals surface area contributed by atoms with Gasteiger partial charge in [0, 0.05) is 28.4 Å². The molecule has 6 heteroatoms. The normalized spacial score (nSPS) is 12.3. The highest BCUT2D eigenvalue weighted by molar-refractivity contribution is 7.99. The number of carbonyl (C=O) groups excluding carboxylic acids is 1. The molecule has 1 unspecified atom stereocenters. The summed E-state index contributed by atoms with van der Waals surface area (Å²) in [4.78, 5) is 12.3. The number of hydrogen-bond acceptors (Lipinski definition) is 3. The van der Waals surface area contributed by atoms with Crippen molar-refractivity contribution in [3.8, 4) is 5.69 Å². The van der Waals surface area contributed by atoms with Crippen LogP contribution in [-0.2, 0) is 10.5 Å². The van der Waals surface area contributed by atoms with Crippen LogP contribution in [0.1, 0.15) is 29.4 Å². The number of amides is 1. The molecule has 0 fully saturated rings. The van der Waals surface area contributed by atoms with Crippen molar-refractivity contribution in [3.63, 3.8) is 0 Å². The summed E-state index contributed by atoms with van der Waals surface area (Å²) in [6.45, 7) is 5.82. The molecule has 3 rings (SSSR count). The maximum absolute atomic E-state index is 13.2. The van der Waals surface area contributed by atoms with Gasteiger partial charge < -0.3 is 4.57 Å². The van der Waals surface area contributed by atoms with Crippen LogP contribution in [-0.4, -0.2) is 21.9 Å². The number of thioether (sulfide) groups is 1. The monoisotopic (exact) mass is 409 g/mol. The van der Waals surface area contributed by atoms with Gasteiger partial charge in [0.2, 0.25) is 0 Å². The van der Waals surface area contributed by atoms with Crippen LogP contribution in [0, 0.1) is 19.7 Å². The third-order valence-electron chi connectivity index (χ3n) is 4.65. The summed E-state index contributed by atoms with van der Waals surface area (Å²) in [5, 5.41) is 3.92. The lowest BCUT2D eigenvalue weighted by atomic mass is 10.2. The van der Waals surface area contributed by atoms with Crippen LogP contribution < -0.4 is 5.43 Å². The highest BCUT2D eigenvalue weighted by Gasteiger charge is 2.13. The van der Waals surface area contributed by atoms with Gasteiger partial charge in [-0.05, 0) is 56.7 Å². The molecule has 1 aromatic heterocycles. The molecule has 0 saturated carbocycles. The van der Waals surface area contributed by atoms with Gasteiger partial charge in [0.15, 0.2) is 0 Å². The summed E-state index contributed by atoms with van der Waals surface area (Å²) in [5.41, 5.74) is 7.57. The molecule has 0 aliphatic heterocycles. The van der Waals surface area contributed by atoms with Crippen molar-refractivity contribution < 1.29 is 9.18 Å². The standard InChI is InChI=1S/C23H24FN3OS/c1-16-13-20(17(2)27(16)22-11-9-21(24)10-12-22)14-25-26-23(28)18(3)29-15-19-7-5-4-6-8-19/h4-14,18H,15H2,1-3H3,(H,26,28)/b25-14+. The molecule has 0 saturated heterocycles. The molecule has 1 N–H and O–H groups in total. The van der Waals surface area contributed by atoms with Gasteiger partial charge in [-0.3, -0.25) is 4.79 Å². The van der Waals surface area contributed by atoms with Gasteiger partial charge >= 0.3 is 0 Å². The molecule has 0 radical (unpaired) electrons. The fourth-order valence-corrected chi connectivity index (χ4v) is 3.87. The zero-order chi connectivity index (χ0) is 20.8. The molecule has 1 atom stereocenters. The number of carbonyl (C=O) groups is 1. The number of hydrogen-bond donors (Lipinski definition) is 1. The van der Waals surface area contributed by atoms with E-state index < -0.39 is 0 Å². The first-order valence-electron chi connectivity index (χ1n) is 9.39. The number of nitrogens with one attached hydrogen (secondary N) is 1. The lowest BCUT2D eigenvalue weighted by Gasteiger charge is -2.10. The topological polar surface area (TPSA) is 46.4 Å². The largest absolute Gasteiger partial charge is 0.318 e. The quantitative estimate of drug-likeness (QED) is 0.441. The zero-order valence-electron chi connectivity index (χ0n) is 16.7. The molecule has 1 heterocycles. The Labute approximate surface area is 174 Å². The number of aromatic nitrogens is 1. The maximum Gasteiger partial charge on any atom is 0.252 e. The number of nitrogens with zero attached hydrogens (tertiary/aromatic N) is 2. The molecule has 1 amide bonds. The SMILES string of the molecule is Cc1cc(/C=N/NC(=O)C(C)SCc2ccccc2)c(C)n1-c1ccc(F)cc1. The molecular weight excluding hydrogens is 385 g/mol. The van der Waals surface area contributed by atoms with E-state index in [1.54, 1.807) is 30.1 Å². The number of benzene rings is 2. The summed E-state index contributed by atoms with van der Waals surface area (Å²) >= 11 is 1.57. The summed E-state index contributed by atoms with van der Waals surface area (Å²) in [6, 6.07) is 18.4. The highest BCUT2D eigenvalue weighted by atomic mass is 32.2. The van der Waals surface area contributed by atoms with E-state index in [9.17, 15) is 9.18 Å². The van der Waals surface area contributed by atoms with Gasteiger partial charge in [0.05, 0.1) is 11.5 Å². The fourth-order valence-electron chi connectivity index (χ4n) is 3.03. The predicted molar refractivity (Wildman–Crippen MR) is 118 cm³/mol. The Morgan fingerprint density at radius 1 is 1.17 bits per heavy atom. The van der Waals surface area contributed by atoms with E-state index in [1.807, 2.05) is 61.7 Å². The summed E-state index contributed by atoms with van der Waals surface area (Å²) in [5.74, 6) is 0.382. The first kappa shape index (κ1) is 20.9. The molecular formula is C23H24FN3OS. The van der Waals surface area contributed by atoms with E-state index in [2.05, 4.69) is 10.5 Å². The zero-order valence-corrected chi connectivity index (χ0v) is 17.5. The van der Waals surface area contributed by atoms with Crippen molar-refractivity contribution >= 4 is 23.9 Å². The number of hydrazone groups is 1. The van der Waals surface area contributed by atoms with Crippen LogP contribution in [0.15, 0.2) is 65.8 Å². The number of aryl methyl sites for hydroxylation is 1. The lowest BCUT2D eigenvalue weighted by molar-refractivity contribution is -0.120. The van der Waals surface area contributed by atoms with Crippen molar-refractivity contribution in [3.05, 3.63) is 89.0 Å². The minimum absolute atomic E-state index is 0.130. The third kappa shape index (κ3) is 5.35. The van der Waals surface area contributed by atoms with E-state index in [-0.39, 0.29) is 17.0 Å². The average molecular weight is 410 g/mol. The Hall–Kier alpha value is -2.86. The highest BCUT2D eigenvalue weighted by Crippen LogP contribution is 2.20. The van der Waals surface area contributed by atoms with Gasteiger partial charge in [0.1, 0.15) is 5.82 Å². The molecule has 0 aliphatic rings. The molecule has 29 heavy (non-hydrogen) atoms. The van der Waals surface area contributed by atoms with Crippen LogP contribution in [0.5, 0.6) is 0 Å². The minimum Gasteiger partial charge on any atom is -0.318 e. The van der Waals surface area contributed by atoms with Crippen LogP contribution in [0.2, 0.25) is 0 Å². The summed E-state index contributed by atoms with van der Waals surface area (Å²) in [6.07, 6.45) is 1.65. The molecule has 0 bridgehead atoms. The smallest absolute Gasteiger partial charge is 0.252 e. The van der Waals surface area contributed by atoms with Gasteiger partial charge in [-0.15, -0.1) is 11.8 Å². The van der Waals surface area contributed by atoms with E-state index in [0.717, 1.165) is 28.4 Å². The van der Waals surface area contributed by atoms with Crippen LogP contribution in [0.25, 0.3) is 5.69 Å². The van der Waals surface area contributed by atoms with E-state index in [4.69, 9.17) is 0 Å². The third-order valence-corrected chi connectivity index (χ3v) is 5.86. The van der Waals surface area contributed by atoms with Crippen LogP contribution in [0.3, 0.4) is 0 Å². The van der Waals surface area contributed by atoms with Gasteiger partial charge in [-0.25, -0.2) is 9.82 Å².